The zero-order chi connectivity index (χ0) is 15.1. The second-order valence-electron chi connectivity index (χ2n) is 5.08. The number of thiocarbonyl (C=S) groups is 1. The minimum absolute atomic E-state index is 0.116. The minimum Gasteiger partial charge on any atom is -0.389 e. The van der Waals surface area contributed by atoms with Crippen molar-refractivity contribution < 1.29 is 4.79 Å². The van der Waals surface area contributed by atoms with Gasteiger partial charge in [0.2, 0.25) is 5.91 Å². The normalized spacial score (nSPS) is 10.6. The Hall–Kier alpha value is -1.42. The lowest BCUT2D eigenvalue weighted by Crippen LogP contribution is -2.33. The monoisotopic (exact) mass is 292 g/mol. The number of nitrogens with two attached hydrogens (primary N) is 1. The number of hydrogen-bond acceptors (Lipinski definition) is 2. The highest BCUT2D eigenvalue weighted by Crippen LogP contribution is 2.21. The van der Waals surface area contributed by atoms with Crippen LogP contribution in [0, 0.1) is 5.92 Å². The molecule has 0 saturated heterocycles. The highest BCUT2D eigenvalue weighted by molar-refractivity contribution is 7.80. The van der Waals surface area contributed by atoms with E-state index in [0.717, 1.165) is 36.9 Å². The van der Waals surface area contributed by atoms with Gasteiger partial charge < -0.3 is 10.6 Å². The van der Waals surface area contributed by atoms with Crippen molar-refractivity contribution in [3.8, 4) is 0 Å². The van der Waals surface area contributed by atoms with Gasteiger partial charge in [0.05, 0.1) is 0 Å². The van der Waals surface area contributed by atoms with Crippen LogP contribution < -0.4 is 10.6 Å². The standard InChI is InChI=1S/C16H24N2OS/c1-4-6-13(7-5-2)16(19)18(3)14-10-8-12(9-11-14)15(17)20/h8-11,13H,4-7H2,1-3H3,(H2,17,20). The fourth-order valence-corrected chi connectivity index (χ4v) is 2.47. The van der Waals surface area contributed by atoms with E-state index < -0.39 is 0 Å². The molecule has 4 heteroatoms. The molecule has 2 N–H and O–H groups in total. The van der Waals surface area contributed by atoms with Crippen molar-refractivity contribution in [2.24, 2.45) is 11.7 Å². The van der Waals surface area contributed by atoms with Crippen LogP contribution in [0.3, 0.4) is 0 Å². The summed E-state index contributed by atoms with van der Waals surface area (Å²) in [5, 5.41) is 0. The fourth-order valence-electron chi connectivity index (χ4n) is 2.34. The lowest BCUT2D eigenvalue weighted by atomic mass is 9.96. The Morgan fingerprint density at radius 1 is 1.20 bits per heavy atom. The van der Waals surface area contributed by atoms with Gasteiger partial charge in [-0.15, -0.1) is 0 Å². The molecule has 0 aromatic heterocycles. The molecule has 20 heavy (non-hydrogen) atoms. The van der Waals surface area contributed by atoms with Gasteiger partial charge in [-0.1, -0.05) is 38.9 Å². The molecule has 0 spiro atoms. The third-order valence-corrected chi connectivity index (χ3v) is 3.73. The number of amides is 1. The second kappa shape index (κ2) is 8.00. The van der Waals surface area contributed by atoms with E-state index in [1.54, 1.807) is 4.90 Å². The molecule has 1 aromatic rings. The Morgan fingerprint density at radius 3 is 2.10 bits per heavy atom. The molecule has 1 rings (SSSR count). The summed E-state index contributed by atoms with van der Waals surface area (Å²) in [5.74, 6) is 0.307. The van der Waals surface area contributed by atoms with Gasteiger partial charge in [0.25, 0.3) is 0 Å². The van der Waals surface area contributed by atoms with Gasteiger partial charge in [0.15, 0.2) is 0 Å². The number of rotatable bonds is 7. The smallest absolute Gasteiger partial charge is 0.229 e. The van der Waals surface area contributed by atoms with Crippen molar-refractivity contribution in [2.75, 3.05) is 11.9 Å². The Bertz CT molecular complexity index is 450. The average molecular weight is 292 g/mol. The molecule has 0 aliphatic heterocycles. The summed E-state index contributed by atoms with van der Waals surface area (Å²) in [5.41, 5.74) is 7.28. The maximum Gasteiger partial charge on any atom is 0.229 e. The zero-order valence-electron chi connectivity index (χ0n) is 12.6. The molecule has 0 bridgehead atoms. The summed E-state index contributed by atoms with van der Waals surface area (Å²) in [7, 11) is 1.83. The molecule has 1 amide bonds. The van der Waals surface area contributed by atoms with Crippen molar-refractivity contribution in [2.45, 2.75) is 39.5 Å². The molecule has 0 fully saturated rings. The molecule has 0 radical (unpaired) electrons. The van der Waals surface area contributed by atoms with Gasteiger partial charge in [-0.3, -0.25) is 4.79 Å². The molecule has 110 valence electrons. The SMILES string of the molecule is CCCC(CCC)C(=O)N(C)c1ccc(C(N)=S)cc1. The Kier molecular flexibility index (Phi) is 6.65. The van der Waals surface area contributed by atoms with Crippen LogP contribution in [-0.2, 0) is 4.79 Å². The van der Waals surface area contributed by atoms with E-state index in [-0.39, 0.29) is 11.8 Å². The Labute approximate surface area is 127 Å². The van der Waals surface area contributed by atoms with Crippen LogP contribution in [0.25, 0.3) is 0 Å². The van der Waals surface area contributed by atoms with Crippen LogP contribution in [0.4, 0.5) is 5.69 Å². The van der Waals surface area contributed by atoms with E-state index in [9.17, 15) is 4.79 Å². The summed E-state index contributed by atoms with van der Waals surface area (Å²) in [6, 6.07) is 7.49. The highest BCUT2D eigenvalue weighted by atomic mass is 32.1. The number of benzene rings is 1. The van der Waals surface area contributed by atoms with Crippen LogP contribution in [0.1, 0.15) is 45.1 Å². The molecule has 0 aliphatic rings. The topological polar surface area (TPSA) is 46.3 Å². The fraction of sp³-hybridized carbons (Fsp3) is 0.500. The van der Waals surface area contributed by atoms with Crippen molar-refractivity contribution in [1.29, 1.82) is 0 Å². The van der Waals surface area contributed by atoms with Gasteiger partial charge in [-0.25, -0.2) is 0 Å². The molecule has 0 aliphatic carbocycles. The van der Waals surface area contributed by atoms with E-state index in [1.165, 1.54) is 0 Å². The molecule has 0 atom stereocenters. The van der Waals surface area contributed by atoms with E-state index in [2.05, 4.69) is 13.8 Å². The molecule has 3 nitrogen and oxygen atoms in total. The number of hydrogen-bond donors (Lipinski definition) is 1. The van der Waals surface area contributed by atoms with E-state index >= 15 is 0 Å². The molecule has 1 aromatic carbocycles. The Morgan fingerprint density at radius 2 is 1.70 bits per heavy atom. The predicted molar refractivity (Wildman–Crippen MR) is 89.0 cm³/mol. The summed E-state index contributed by atoms with van der Waals surface area (Å²) in [6.07, 6.45) is 3.96. The van der Waals surface area contributed by atoms with Gasteiger partial charge in [-0.05, 0) is 37.1 Å². The number of anilines is 1. The highest BCUT2D eigenvalue weighted by Gasteiger charge is 2.21. The van der Waals surface area contributed by atoms with E-state index in [4.69, 9.17) is 18.0 Å². The predicted octanol–water partition coefficient (Wildman–Crippen LogP) is 3.50. The van der Waals surface area contributed by atoms with Crippen molar-refractivity contribution in [1.82, 2.24) is 0 Å². The number of carbonyl (C=O) groups excluding carboxylic acids is 1. The first-order valence-electron chi connectivity index (χ1n) is 7.18. The van der Waals surface area contributed by atoms with Gasteiger partial charge in [0, 0.05) is 24.2 Å². The van der Waals surface area contributed by atoms with Crippen molar-refractivity contribution >= 4 is 28.8 Å². The number of nitrogens with zero attached hydrogens (tertiary/aromatic N) is 1. The molecule has 0 unspecified atom stereocenters. The maximum atomic E-state index is 12.5. The third kappa shape index (κ3) is 4.30. The van der Waals surface area contributed by atoms with Gasteiger partial charge >= 0.3 is 0 Å². The quantitative estimate of drug-likeness (QED) is 0.782. The summed E-state index contributed by atoms with van der Waals surface area (Å²) >= 11 is 4.93. The van der Waals surface area contributed by atoms with Crippen LogP contribution in [0.2, 0.25) is 0 Å². The van der Waals surface area contributed by atoms with Crippen LogP contribution in [-0.4, -0.2) is 17.9 Å². The van der Waals surface area contributed by atoms with Crippen molar-refractivity contribution in [3.63, 3.8) is 0 Å². The first-order valence-corrected chi connectivity index (χ1v) is 7.59. The first-order chi connectivity index (χ1) is 9.51. The lowest BCUT2D eigenvalue weighted by molar-refractivity contribution is -0.122. The number of carbonyl (C=O) groups is 1. The van der Waals surface area contributed by atoms with Gasteiger partial charge in [-0.2, -0.15) is 0 Å². The first kappa shape index (κ1) is 16.6. The largest absolute Gasteiger partial charge is 0.389 e. The van der Waals surface area contributed by atoms with E-state index in [1.807, 2.05) is 31.3 Å². The summed E-state index contributed by atoms with van der Waals surface area (Å²) in [4.78, 5) is 14.6. The third-order valence-electron chi connectivity index (χ3n) is 3.49. The van der Waals surface area contributed by atoms with E-state index in [0.29, 0.717) is 4.99 Å². The Balaban J connectivity index is 2.83. The van der Waals surface area contributed by atoms with Crippen LogP contribution >= 0.6 is 12.2 Å². The average Bonchev–Trinajstić information content (AvgIpc) is 2.45. The second-order valence-corrected chi connectivity index (χ2v) is 5.52. The molecule has 0 heterocycles. The maximum absolute atomic E-state index is 12.5. The lowest BCUT2D eigenvalue weighted by Gasteiger charge is -2.23. The minimum atomic E-state index is 0.116. The molecular formula is C16H24N2OS. The van der Waals surface area contributed by atoms with Crippen LogP contribution in [0.5, 0.6) is 0 Å². The summed E-state index contributed by atoms with van der Waals surface area (Å²) < 4.78 is 0. The van der Waals surface area contributed by atoms with Crippen molar-refractivity contribution in [3.05, 3.63) is 29.8 Å². The van der Waals surface area contributed by atoms with Crippen LogP contribution in [0.15, 0.2) is 24.3 Å². The molecular weight excluding hydrogens is 268 g/mol. The zero-order valence-corrected chi connectivity index (χ0v) is 13.4. The summed E-state index contributed by atoms with van der Waals surface area (Å²) in [6.45, 7) is 4.24. The van der Waals surface area contributed by atoms with Gasteiger partial charge in [0.1, 0.15) is 4.99 Å². The molecule has 0 saturated carbocycles.